The lowest BCUT2D eigenvalue weighted by Gasteiger charge is -2.14. The van der Waals surface area contributed by atoms with Gasteiger partial charge in [-0.2, -0.15) is 0 Å². The van der Waals surface area contributed by atoms with Gasteiger partial charge in [0.25, 0.3) is 0 Å². The lowest BCUT2D eigenvalue weighted by Crippen LogP contribution is -2.04. The molecule has 0 fully saturated rings. The number of rotatable bonds is 5. The molecule has 4 rings (SSSR count). The zero-order valence-corrected chi connectivity index (χ0v) is 15.3. The molecule has 0 aliphatic rings. The Hall–Kier alpha value is -3.74. The van der Waals surface area contributed by atoms with Crippen LogP contribution >= 0.6 is 0 Å². The van der Waals surface area contributed by atoms with Gasteiger partial charge in [-0.15, -0.1) is 0 Å². The maximum Gasteiger partial charge on any atom is 0.205 e. The van der Waals surface area contributed by atoms with Gasteiger partial charge in [0, 0.05) is 17.7 Å². The maximum absolute atomic E-state index is 12.6. The van der Waals surface area contributed by atoms with Gasteiger partial charge in [0.15, 0.2) is 16.8 Å². The highest BCUT2D eigenvalue weighted by Gasteiger charge is 2.20. The topological polar surface area (TPSA) is 94.9 Å². The molecule has 0 unspecified atom stereocenters. The summed E-state index contributed by atoms with van der Waals surface area (Å²) in [7, 11) is 1.44. The van der Waals surface area contributed by atoms with Crippen molar-refractivity contribution >= 4 is 11.0 Å². The van der Waals surface area contributed by atoms with Gasteiger partial charge in [-0.1, -0.05) is 35.5 Å². The Morgan fingerprint density at radius 2 is 1.96 bits per heavy atom. The first kappa shape index (κ1) is 17.7. The Labute approximate surface area is 159 Å². The molecule has 2 aromatic heterocycles. The zero-order chi connectivity index (χ0) is 19.7. The molecular formula is C21H17NO6. The molecule has 0 aliphatic heterocycles. The minimum absolute atomic E-state index is 0.0324. The number of fused-ring (bicyclic) bond motifs is 1. The van der Waals surface area contributed by atoms with Gasteiger partial charge in [0.05, 0.1) is 18.9 Å². The molecule has 0 aliphatic carbocycles. The summed E-state index contributed by atoms with van der Waals surface area (Å²) in [5, 5.41) is 14.1. The monoisotopic (exact) mass is 379 g/mol. The summed E-state index contributed by atoms with van der Waals surface area (Å²) in [5.74, 6) is 1.20. The van der Waals surface area contributed by atoms with Crippen molar-refractivity contribution in [1.82, 2.24) is 5.16 Å². The number of nitrogens with zero attached hydrogens (tertiary/aromatic N) is 1. The fourth-order valence-electron chi connectivity index (χ4n) is 2.93. The highest BCUT2D eigenvalue weighted by atomic mass is 16.5. The standard InChI is InChI=1S/C21H17NO6/c1-12-14(10-22-28-12)11-26-18-9-16(24)19-15(23)8-17(13-6-4-3-5-7-13)27-21(19)20(18)25-2/h3-10,24H,11H2,1-2H3. The number of hydrogen-bond acceptors (Lipinski definition) is 7. The van der Waals surface area contributed by atoms with E-state index in [4.69, 9.17) is 18.4 Å². The minimum Gasteiger partial charge on any atom is -0.507 e. The lowest BCUT2D eigenvalue weighted by atomic mass is 10.1. The van der Waals surface area contributed by atoms with Crippen LogP contribution in [-0.2, 0) is 6.61 Å². The van der Waals surface area contributed by atoms with E-state index in [1.165, 1.54) is 19.2 Å². The molecule has 0 saturated heterocycles. The molecule has 28 heavy (non-hydrogen) atoms. The second kappa shape index (κ2) is 7.11. The van der Waals surface area contributed by atoms with E-state index < -0.39 is 0 Å². The second-order valence-corrected chi connectivity index (χ2v) is 6.17. The van der Waals surface area contributed by atoms with Crippen LogP contribution in [0.15, 0.2) is 62.4 Å². The average Bonchev–Trinajstić information content (AvgIpc) is 3.11. The van der Waals surface area contributed by atoms with E-state index in [-0.39, 0.29) is 40.3 Å². The summed E-state index contributed by atoms with van der Waals surface area (Å²) >= 11 is 0. The van der Waals surface area contributed by atoms with E-state index in [0.717, 1.165) is 11.1 Å². The molecule has 4 aromatic rings. The van der Waals surface area contributed by atoms with E-state index in [9.17, 15) is 9.90 Å². The third-order valence-corrected chi connectivity index (χ3v) is 4.40. The summed E-state index contributed by atoms with van der Waals surface area (Å²) in [4.78, 5) is 12.6. The van der Waals surface area contributed by atoms with Gasteiger partial charge in [-0.25, -0.2) is 0 Å². The molecule has 142 valence electrons. The fourth-order valence-corrected chi connectivity index (χ4v) is 2.93. The van der Waals surface area contributed by atoms with Crippen LogP contribution in [0.3, 0.4) is 0 Å². The van der Waals surface area contributed by atoms with Crippen LogP contribution in [0.2, 0.25) is 0 Å². The van der Waals surface area contributed by atoms with Crippen molar-refractivity contribution in [3.05, 3.63) is 70.2 Å². The van der Waals surface area contributed by atoms with Gasteiger partial charge in [0.1, 0.15) is 29.3 Å². The maximum atomic E-state index is 12.6. The summed E-state index contributed by atoms with van der Waals surface area (Å²) in [5.41, 5.74) is 1.22. The first-order valence-corrected chi connectivity index (χ1v) is 8.54. The van der Waals surface area contributed by atoms with Gasteiger partial charge in [-0.3, -0.25) is 4.79 Å². The van der Waals surface area contributed by atoms with Gasteiger partial charge in [0.2, 0.25) is 5.75 Å². The number of benzene rings is 2. The van der Waals surface area contributed by atoms with Crippen LogP contribution in [0, 0.1) is 6.92 Å². The number of aryl methyl sites for hydroxylation is 1. The van der Waals surface area contributed by atoms with E-state index in [1.807, 2.05) is 30.3 Å². The van der Waals surface area contributed by atoms with Crippen molar-refractivity contribution in [2.24, 2.45) is 0 Å². The summed E-state index contributed by atoms with van der Waals surface area (Å²) in [6, 6.07) is 11.9. The quantitative estimate of drug-likeness (QED) is 0.559. The molecule has 2 aromatic carbocycles. The first-order chi connectivity index (χ1) is 13.6. The normalized spacial score (nSPS) is 10.9. The smallest absolute Gasteiger partial charge is 0.205 e. The molecule has 0 spiro atoms. The van der Waals surface area contributed by atoms with E-state index in [0.29, 0.717) is 11.5 Å². The zero-order valence-electron chi connectivity index (χ0n) is 15.3. The van der Waals surface area contributed by atoms with Crippen molar-refractivity contribution in [2.45, 2.75) is 13.5 Å². The fraction of sp³-hybridized carbons (Fsp3) is 0.143. The summed E-state index contributed by atoms with van der Waals surface area (Å²) in [6.07, 6.45) is 1.55. The average molecular weight is 379 g/mol. The largest absolute Gasteiger partial charge is 0.507 e. The van der Waals surface area contributed by atoms with Crippen LogP contribution < -0.4 is 14.9 Å². The lowest BCUT2D eigenvalue weighted by molar-refractivity contribution is 0.280. The number of aromatic hydroxyl groups is 1. The van der Waals surface area contributed by atoms with Crippen LogP contribution in [0.1, 0.15) is 11.3 Å². The number of hydrogen-bond donors (Lipinski definition) is 1. The molecule has 0 bridgehead atoms. The first-order valence-electron chi connectivity index (χ1n) is 8.54. The number of aromatic nitrogens is 1. The molecule has 7 heteroatoms. The predicted octanol–water partition coefficient (Wildman–Crippen LogP) is 4.05. The Morgan fingerprint density at radius 1 is 1.18 bits per heavy atom. The second-order valence-electron chi connectivity index (χ2n) is 6.17. The number of ether oxygens (including phenoxy) is 2. The highest BCUT2D eigenvalue weighted by molar-refractivity contribution is 5.91. The van der Waals surface area contributed by atoms with Crippen molar-refractivity contribution in [2.75, 3.05) is 7.11 Å². The Kier molecular flexibility index (Phi) is 4.49. The number of phenolic OH excluding ortho intramolecular Hbond substituents is 1. The summed E-state index contributed by atoms with van der Waals surface area (Å²) in [6.45, 7) is 1.92. The van der Waals surface area contributed by atoms with E-state index in [1.54, 1.807) is 13.1 Å². The molecule has 1 N–H and O–H groups in total. The highest BCUT2D eigenvalue weighted by Crippen LogP contribution is 2.41. The predicted molar refractivity (Wildman–Crippen MR) is 102 cm³/mol. The van der Waals surface area contributed by atoms with Crippen LogP contribution in [0.25, 0.3) is 22.3 Å². The van der Waals surface area contributed by atoms with Crippen molar-refractivity contribution in [3.8, 4) is 28.6 Å². The third kappa shape index (κ3) is 3.07. The molecule has 2 heterocycles. The van der Waals surface area contributed by atoms with Crippen LogP contribution in [-0.4, -0.2) is 17.4 Å². The number of phenols is 1. The van der Waals surface area contributed by atoms with Gasteiger partial charge >= 0.3 is 0 Å². The van der Waals surface area contributed by atoms with Crippen molar-refractivity contribution < 1.29 is 23.5 Å². The summed E-state index contributed by atoms with van der Waals surface area (Å²) < 4.78 is 22.2. The molecular weight excluding hydrogens is 362 g/mol. The molecule has 0 radical (unpaired) electrons. The van der Waals surface area contributed by atoms with Gasteiger partial charge in [-0.05, 0) is 6.92 Å². The Morgan fingerprint density at radius 3 is 2.64 bits per heavy atom. The minimum atomic E-state index is -0.377. The van der Waals surface area contributed by atoms with Crippen LogP contribution in [0.4, 0.5) is 0 Å². The van der Waals surface area contributed by atoms with Crippen molar-refractivity contribution in [3.63, 3.8) is 0 Å². The van der Waals surface area contributed by atoms with E-state index in [2.05, 4.69) is 5.16 Å². The van der Waals surface area contributed by atoms with Crippen molar-refractivity contribution in [1.29, 1.82) is 0 Å². The van der Waals surface area contributed by atoms with Crippen LogP contribution in [0.5, 0.6) is 17.2 Å². The molecule has 7 nitrogen and oxygen atoms in total. The Balaban J connectivity index is 1.85. The van der Waals surface area contributed by atoms with E-state index >= 15 is 0 Å². The third-order valence-electron chi connectivity index (χ3n) is 4.40. The number of methoxy groups -OCH3 is 1. The molecule has 0 atom stereocenters. The molecule has 0 amide bonds. The SMILES string of the molecule is COc1c(OCc2cnoc2C)cc(O)c2c(=O)cc(-c3ccccc3)oc12. The molecule has 0 saturated carbocycles. The Bertz CT molecular complexity index is 1190. The van der Waals surface area contributed by atoms with Gasteiger partial charge < -0.3 is 23.5 Å².